The van der Waals surface area contributed by atoms with Crippen molar-refractivity contribution >= 4 is 29.6 Å². The van der Waals surface area contributed by atoms with E-state index in [1.807, 2.05) is 0 Å². The molecule has 30 heavy (non-hydrogen) atoms. The lowest BCUT2D eigenvalue weighted by molar-refractivity contribution is -0.127. The van der Waals surface area contributed by atoms with Gasteiger partial charge in [-0.05, 0) is 62.4 Å². The van der Waals surface area contributed by atoms with E-state index in [-0.39, 0.29) is 37.3 Å². The zero-order valence-corrected chi connectivity index (χ0v) is 17.4. The second kappa shape index (κ2) is 11.7. The number of halogens is 1. The summed E-state index contributed by atoms with van der Waals surface area (Å²) in [6, 6.07) is 12.7. The van der Waals surface area contributed by atoms with Crippen molar-refractivity contribution in [3.63, 3.8) is 0 Å². The van der Waals surface area contributed by atoms with E-state index in [1.165, 1.54) is 24.3 Å². The lowest BCUT2D eigenvalue weighted by Crippen LogP contribution is -2.40. The molecule has 160 valence electrons. The van der Waals surface area contributed by atoms with Crippen LogP contribution in [0.2, 0.25) is 5.02 Å². The first-order chi connectivity index (χ1) is 14.4. The summed E-state index contributed by atoms with van der Waals surface area (Å²) in [6.45, 7) is 3.98. The van der Waals surface area contributed by atoms with Crippen molar-refractivity contribution < 1.29 is 28.6 Å². The molecule has 0 saturated carbocycles. The summed E-state index contributed by atoms with van der Waals surface area (Å²) in [5, 5.41) is 5.96. The largest absolute Gasteiger partial charge is 0.513 e. The first kappa shape index (κ1) is 23.0. The van der Waals surface area contributed by atoms with Gasteiger partial charge in [-0.3, -0.25) is 9.59 Å². The fourth-order valence-corrected chi connectivity index (χ4v) is 2.42. The predicted molar refractivity (Wildman–Crippen MR) is 111 cm³/mol. The number of carbonyl (C=O) groups excluding carboxylic acids is 3. The number of carbonyl (C=O) groups is 3. The van der Waals surface area contributed by atoms with E-state index < -0.39 is 12.3 Å². The van der Waals surface area contributed by atoms with Crippen LogP contribution in [0.25, 0.3) is 0 Å². The van der Waals surface area contributed by atoms with Gasteiger partial charge in [0, 0.05) is 23.7 Å². The monoisotopic (exact) mass is 434 g/mol. The van der Waals surface area contributed by atoms with Crippen LogP contribution in [0.1, 0.15) is 24.2 Å². The first-order valence-corrected chi connectivity index (χ1v) is 9.69. The molecule has 0 aliphatic rings. The number of hydrogen-bond donors (Lipinski definition) is 2. The molecule has 2 N–H and O–H groups in total. The van der Waals surface area contributed by atoms with Crippen molar-refractivity contribution in [2.24, 2.45) is 0 Å². The zero-order chi connectivity index (χ0) is 21.9. The van der Waals surface area contributed by atoms with Crippen molar-refractivity contribution in [2.45, 2.75) is 20.0 Å². The van der Waals surface area contributed by atoms with E-state index in [0.29, 0.717) is 16.3 Å². The van der Waals surface area contributed by atoms with Gasteiger partial charge in [-0.25, -0.2) is 4.79 Å². The van der Waals surface area contributed by atoms with Gasteiger partial charge in [0.25, 0.3) is 11.8 Å². The standard InChI is InChI=1S/C21H23ClN2O6/c1-3-28-21(27)30-18-8-4-15(5-9-18)20(26)24-13-12-23-19(25)14(2)29-17-10-6-16(22)7-11-17/h4-11,14H,3,12-13H2,1-2H3,(H,23,25)(H,24,26). The molecule has 0 spiro atoms. The van der Waals surface area contributed by atoms with Gasteiger partial charge in [0.15, 0.2) is 6.10 Å². The Hall–Kier alpha value is -3.26. The normalized spacial score (nSPS) is 11.2. The molecule has 0 bridgehead atoms. The van der Waals surface area contributed by atoms with Crippen LogP contribution in [0.4, 0.5) is 4.79 Å². The molecule has 0 heterocycles. The highest BCUT2D eigenvalue weighted by molar-refractivity contribution is 6.30. The van der Waals surface area contributed by atoms with Gasteiger partial charge in [-0.15, -0.1) is 0 Å². The lowest BCUT2D eigenvalue weighted by atomic mass is 10.2. The van der Waals surface area contributed by atoms with E-state index in [4.69, 9.17) is 21.1 Å². The maximum Gasteiger partial charge on any atom is 0.513 e. The molecule has 0 radical (unpaired) electrons. The minimum atomic E-state index is -0.806. The van der Waals surface area contributed by atoms with Crippen LogP contribution in [0.5, 0.6) is 11.5 Å². The van der Waals surface area contributed by atoms with Crippen LogP contribution < -0.4 is 20.1 Å². The third-order valence-electron chi connectivity index (χ3n) is 3.79. The van der Waals surface area contributed by atoms with Gasteiger partial charge in [0.05, 0.1) is 6.61 Å². The highest BCUT2D eigenvalue weighted by atomic mass is 35.5. The van der Waals surface area contributed by atoms with Crippen LogP contribution in [-0.4, -0.2) is 43.8 Å². The Morgan fingerprint density at radius 2 is 1.53 bits per heavy atom. The fourth-order valence-electron chi connectivity index (χ4n) is 2.30. The molecule has 1 atom stereocenters. The summed E-state index contributed by atoms with van der Waals surface area (Å²) < 4.78 is 15.1. The van der Waals surface area contributed by atoms with Crippen molar-refractivity contribution in [1.82, 2.24) is 10.6 Å². The number of ether oxygens (including phenoxy) is 3. The molecule has 9 heteroatoms. The van der Waals surface area contributed by atoms with Gasteiger partial charge >= 0.3 is 6.16 Å². The van der Waals surface area contributed by atoms with Gasteiger partial charge in [0.2, 0.25) is 0 Å². The van der Waals surface area contributed by atoms with Gasteiger partial charge in [0.1, 0.15) is 11.5 Å². The van der Waals surface area contributed by atoms with E-state index in [2.05, 4.69) is 15.4 Å². The zero-order valence-electron chi connectivity index (χ0n) is 16.6. The number of benzene rings is 2. The number of nitrogens with one attached hydrogen (secondary N) is 2. The molecule has 1 unspecified atom stereocenters. The number of hydrogen-bond acceptors (Lipinski definition) is 6. The van der Waals surface area contributed by atoms with Crippen molar-refractivity contribution in [1.29, 1.82) is 0 Å². The van der Waals surface area contributed by atoms with Gasteiger partial charge in [-0.1, -0.05) is 11.6 Å². The molecule has 0 fully saturated rings. The Kier molecular flexibility index (Phi) is 8.96. The summed E-state index contributed by atoms with van der Waals surface area (Å²) in [5.74, 6) is 0.176. The fraction of sp³-hybridized carbons (Fsp3) is 0.286. The second-order valence-corrected chi connectivity index (χ2v) is 6.51. The Morgan fingerprint density at radius 1 is 0.933 bits per heavy atom. The van der Waals surface area contributed by atoms with E-state index in [1.54, 1.807) is 38.1 Å². The Balaban J connectivity index is 1.70. The highest BCUT2D eigenvalue weighted by Crippen LogP contribution is 2.16. The topological polar surface area (TPSA) is 103 Å². The maximum atomic E-state index is 12.1. The highest BCUT2D eigenvalue weighted by Gasteiger charge is 2.14. The molecule has 2 rings (SSSR count). The average molecular weight is 435 g/mol. The van der Waals surface area contributed by atoms with Crippen LogP contribution in [0.15, 0.2) is 48.5 Å². The van der Waals surface area contributed by atoms with Gasteiger partial charge < -0.3 is 24.8 Å². The van der Waals surface area contributed by atoms with E-state index in [9.17, 15) is 14.4 Å². The summed E-state index contributed by atoms with van der Waals surface area (Å²) in [5.41, 5.74) is 0.386. The molecular formula is C21H23ClN2O6. The summed E-state index contributed by atoms with van der Waals surface area (Å²) in [7, 11) is 0. The van der Waals surface area contributed by atoms with Crippen LogP contribution in [0, 0.1) is 0 Å². The quantitative estimate of drug-likeness (QED) is 0.357. The lowest BCUT2D eigenvalue weighted by Gasteiger charge is -2.15. The number of rotatable bonds is 9. The average Bonchev–Trinajstić information content (AvgIpc) is 2.73. The number of amides is 2. The molecule has 0 aliphatic carbocycles. The second-order valence-electron chi connectivity index (χ2n) is 6.07. The summed E-state index contributed by atoms with van der Waals surface area (Å²) in [4.78, 5) is 35.5. The molecule has 8 nitrogen and oxygen atoms in total. The third-order valence-corrected chi connectivity index (χ3v) is 4.04. The SMILES string of the molecule is CCOC(=O)Oc1ccc(C(=O)NCCNC(=O)C(C)Oc2ccc(Cl)cc2)cc1. The smallest absolute Gasteiger partial charge is 0.481 e. The van der Waals surface area contributed by atoms with Crippen LogP contribution in [-0.2, 0) is 9.53 Å². The Morgan fingerprint density at radius 3 is 2.17 bits per heavy atom. The van der Waals surface area contributed by atoms with Crippen LogP contribution in [0.3, 0.4) is 0 Å². The third kappa shape index (κ3) is 7.63. The Labute approximate surface area is 179 Å². The molecule has 2 aromatic carbocycles. The van der Waals surface area contributed by atoms with Crippen molar-refractivity contribution in [2.75, 3.05) is 19.7 Å². The summed E-state index contributed by atoms with van der Waals surface area (Å²) >= 11 is 5.81. The van der Waals surface area contributed by atoms with E-state index >= 15 is 0 Å². The Bertz CT molecular complexity index is 855. The minimum absolute atomic E-state index is 0.210. The maximum absolute atomic E-state index is 12.1. The first-order valence-electron chi connectivity index (χ1n) is 9.32. The molecule has 0 aromatic heterocycles. The van der Waals surface area contributed by atoms with Crippen molar-refractivity contribution in [3.8, 4) is 11.5 Å². The van der Waals surface area contributed by atoms with Gasteiger partial charge in [-0.2, -0.15) is 0 Å². The van der Waals surface area contributed by atoms with Crippen molar-refractivity contribution in [3.05, 3.63) is 59.1 Å². The molecular weight excluding hydrogens is 412 g/mol. The van der Waals surface area contributed by atoms with Crippen LogP contribution >= 0.6 is 11.6 Å². The molecule has 0 saturated heterocycles. The predicted octanol–water partition coefficient (Wildman–Crippen LogP) is 3.19. The minimum Gasteiger partial charge on any atom is -0.481 e. The van der Waals surface area contributed by atoms with E-state index in [0.717, 1.165) is 0 Å². The summed E-state index contributed by atoms with van der Waals surface area (Å²) in [6.07, 6.45) is -1.51. The molecule has 0 aliphatic heterocycles. The molecule has 2 amide bonds. The molecule has 2 aromatic rings.